The van der Waals surface area contributed by atoms with E-state index in [9.17, 15) is 0 Å². The van der Waals surface area contributed by atoms with Crippen molar-refractivity contribution in [1.82, 2.24) is 23.9 Å². The minimum Gasteiger partial charge on any atom is -0.306 e. The molecule has 4 heterocycles. The summed E-state index contributed by atoms with van der Waals surface area (Å²) in [4.78, 5) is 15.2. The van der Waals surface area contributed by atoms with E-state index in [-0.39, 0.29) is 0 Å². The average Bonchev–Trinajstić information content (AvgIpc) is 3.74. The Hall–Kier alpha value is -6.07. The van der Waals surface area contributed by atoms with Gasteiger partial charge in [0, 0.05) is 51.8 Å². The van der Waals surface area contributed by atoms with E-state index < -0.39 is 0 Å². The molecule has 0 spiro atoms. The van der Waals surface area contributed by atoms with Gasteiger partial charge < -0.3 is 4.40 Å². The Morgan fingerprint density at radius 1 is 0.565 bits per heavy atom. The maximum Gasteiger partial charge on any atom is 0.146 e. The third-order valence-electron chi connectivity index (χ3n) is 8.90. The Bertz CT molecular complexity index is 2560. The Kier molecular flexibility index (Phi) is 6.03. The summed E-state index contributed by atoms with van der Waals surface area (Å²) in [5, 5.41) is 3.30. The van der Waals surface area contributed by atoms with E-state index in [1.54, 1.807) is 0 Å². The first kappa shape index (κ1) is 26.3. The van der Waals surface area contributed by atoms with Gasteiger partial charge in [0.2, 0.25) is 0 Å². The zero-order valence-corrected chi connectivity index (χ0v) is 25.3. The van der Waals surface area contributed by atoms with Crippen LogP contribution in [-0.4, -0.2) is 23.9 Å². The number of para-hydroxylation sites is 3. The molecular formula is C41H29N5. The predicted octanol–water partition coefficient (Wildman–Crippen LogP) is 9.94. The van der Waals surface area contributed by atoms with Crippen LogP contribution in [0.5, 0.6) is 0 Å². The molecule has 0 saturated heterocycles. The van der Waals surface area contributed by atoms with Gasteiger partial charge in [0.05, 0.1) is 27.9 Å². The van der Waals surface area contributed by atoms with Crippen LogP contribution in [0, 0.1) is 0 Å². The van der Waals surface area contributed by atoms with E-state index in [0.29, 0.717) is 0 Å². The van der Waals surface area contributed by atoms with Crippen molar-refractivity contribution in [3.8, 4) is 39.3 Å². The highest BCUT2D eigenvalue weighted by molar-refractivity contribution is 6.16. The van der Waals surface area contributed by atoms with Crippen LogP contribution in [0.4, 0.5) is 0 Å². The van der Waals surface area contributed by atoms with Gasteiger partial charge in [0.1, 0.15) is 11.5 Å². The van der Waals surface area contributed by atoms with Gasteiger partial charge in [-0.15, -0.1) is 0 Å². The van der Waals surface area contributed by atoms with E-state index in [2.05, 4.69) is 150 Å². The second kappa shape index (κ2) is 10.5. The van der Waals surface area contributed by atoms with Gasteiger partial charge in [-0.25, -0.2) is 15.0 Å². The molecule has 0 N–H and O–H groups in total. The first-order valence-electron chi connectivity index (χ1n) is 15.7. The summed E-state index contributed by atoms with van der Waals surface area (Å²) in [6, 6.07) is 46.7. The molecule has 0 atom stereocenters. The summed E-state index contributed by atoms with van der Waals surface area (Å²) in [7, 11) is 0. The molecule has 9 rings (SSSR count). The van der Waals surface area contributed by atoms with Crippen LogP contribution in [0.3, 0.4) is 0 Å². The topological polar surface area (TPSA) is 48.0 Å². The molecule has 5 heteroatoms. The van der Waals surface area contributed by atoms with Crippen molar-refractivity contribution in [2.75, 3.05) is 0 Å². The smallest absolute Gasteiger partial charge is 0.146 e. The molecule has 9 aromatic rings. The molecule has 0 radical (unpaired) electrons. The molecule has 218 valence electrons. The molecule has 0 aliphatic carbocycles. The fourth-order valence-corrected chi connectivity index (χ4v) is 6.70. The van der Waals surface area contributed by atoms with E-state index in [1.807, 2.05) is 12.1 Å². The molecule has 5 nitrogen and oxygen atoms in total. The minimum absolute atomic E-state index is 0.865. The number of pyridine rings is 2. The first-order chi connectivity index (χ1) is 22.7. The molecule has 46 heavy (non-hydrogen) atoms. The molecule has 0 bridgehead atoms. The van der Waals surface area contributed by atoms with Gasteiger partial charge >= 0.3 is 0 Å². The second-order valence-electron chi connectivity index (χ2n) is 11.6. The summed E-state index contributed by atoms with van der Waals surface area (Å²) < 4.78 is 4.40. The third-order valence-corrected chi connectivity index (χ3v) is 8.90. The molecule has 0 aliphatic rings. The average molecular weight is 592 g/mol. The standard InChI is InChI=1S/C41H29N5/c1-2-38-42-35-17-8-9-18-37(35)46(38)31-21-19-27(20-22-31)29-13-10-14-30(25-29)40-33-23-24-45-26-36(28-11-4-3-5-12-28)44-41(45)39(33)32-15-6-7-16-34(32)43-40/h3-26H,2H2,1H3. The van der Waals surface area contributed by atoms with Crippen molar-refractivity contribution in [3.63, 3.8) is 0 Å². The lowest BCUT2D eigenvalue weighted by Gasteiger charge is -2.13. The summed E-state index contributed by atoms with van der Waals surface area (Å²) in [6.07, 6.45) is 5.08. The number of aromatic nitrogens is 5. The van der Waals surface area contributed by atoms with Crippen molar-refractivity contribution in [2.45, 2.75) is 13.3 Å². The first-order valence-corrected chi connectivity index (χ1v) is 15.7. The van der Waals surface area contributed by atoms with E-state index in [4.69, 9.17) is 15.0 Å². The molecule has 0 fully saturated rings. The maximum absolute atomic E-state index is 5.23. The van der Waals surface area contributed by atoms with E-state index >= 15 is 0 Å². The van der Waals surface area contributed by atoms with Gasteiger partial charge in [-0.3, -0.25) is 4.57 Å². The number of imidazole rings is 2. The molecule has 0 unspecified atom stereocenters. The normalized spacial score (nSPS) is 11.7. The quantitative estimate of drug-likeness (QED) is 0.187. The number of fused-ring (bicyclic) bond motifs is 6. The largest absolute Gasteiger partial charge is 0.306 e. The molecular weight excluding hydrogens is 562 g/mol. The van der Waals surface area contributed by atoms with Crippen LogP contribution in [0.15, 0.2) is 146 Å². The lowest BCUT2D eigenvalue weighted by Crippen LogP contribution is -1.99. The molecule has 5 aromatic carbocycles. The van der Waals surface area contributed by atoms with Crippen LogP contribution in [-0.2, 0) is 6.42 Å². The zero-order valence-electron chi connectivity index (χ0n) is 25.3. The lowest BCUT2D eigenvalue weighted by atomic mass is 9.97. The maximum atomic E-state index is 5.23. The number of aryl methyl sites for hydroxylation is 1. The minimum atomic E-state index is 0.865. The summed E-state index contributed by atoms with van der Waals surface area (Å²) >= 11 is 0. The number of hydrogen-bond acceptors (Lipinski definition) is 3. The second-order valence-corrected chi connectivity index (χ2v) is 11.6. The van der Waals surface area contributed by atoms with Crippen molar-refractivity contribution in [3.05, 3.63) is 152 Å². The van der Waals surface area contributed by atoms with Crippen molar-refractivity contribution in [1.29, 1.82) is 0 Å². The fraction of sp³-hybridized carbons (Fsp3) is 0.0488. The van der Waals surface area contributed by atoms with E-state index in [1.165, 1.54) is 0 Å². The molecule has 0 saturated carbocycles. The zero-order chi connectivity index (χ0) is 30.6. The molecule has 4 aromatic heterocycles. The Labute approximate surface area is 266 Å². The molecule has 0 aliphatic heterocycles. The molecule has 0 amide bonds. The number of rotatable bonds is 5. The van der Waals surface area contributed by atoms with Crippen molar-refractivity contribution >= 4 is 38.4 Å². The Morgan fingerprint density at radius 3 is 2.15 bits per heavy atom. The summed E-state index contributed by atoms with van der Waals surface area (Å²) in [5.41, 5.74) is 11.5. The fourth-order valence-electron chi connectivity index (χ4n) is 6.70. The van der Waals surface area contributed by atoms with Crippen LogP contribution >= 0.6 is 0 Å². The van der Waals surface area contributed by atoms with Gasteiger partial charge in [-0.05, 0) is 53.6 Å². The monoisotopic (exact) mass is 591 g/mol. The third kappa shape index (κ3) is 4.20. The highest BCUT2D eigenvalue weighted by atomic mass is 15.1. The van der Waals surface area contributed by atoms with Crippen molar-refractivity contribution < 1.29 is 0 Å². The van der Waals surface area contributed by atoms with Crippen LogP contribution in [0.25, 0.3) is 77.7 Å². The lowest BCUT2D eigenvalue weighted by molar-refractivity contribution is 0.908. The van der Waals surface area contributed by atoms with Gasteiger partial charge in [-0.2, -0.15) is 0 Å². The highest BCUT2D eigenvalue weighted by Gasteiger charge is 2.17. The summed E-state index contributed by atoms with van der Waals surface area (Å²) in [6.45, 7) is 2.15. The Morgan fingerprint density at radius 2 is 1.30 bits per heavy atom. The number of benzene rings is 5. The predicted molar refractivity (Wildman–Crippen MR) is 188 cm³/mol. The van der Waals surface area contributed by atoms with Crippen LogP contribution < -0.4 is 0 Å². The number of nitrogens with zero attached hydrogens (tertiary/aromatic N) is 5. The summed E-state index contributed by atoms with van der Waals surface area (Å²) in [5.74, 6) is 1.06. The number of hydrogen-bond donors (Lipinski definition) is 0. The highest BCUT2D eigenvalue weighted by Crippen LogP contribution is 2.37. The van der Waals surface area contributed by atoms with Crippen molar-refractivity contribution in [2.24, 2.45) is 0 Å². The Balaban J connectivity index is 1.17. The van der Waals surface area contributed by atoms with Gasteiger partial charge in [-0.1, -0.05) is 97.9 Å². The van der Waals surface area contributed by atoms with Crippen LogP contribution in [0.2, 0.25) is 0 Å². The van der Waals surface area contributed by atoms with Gasteiger partial charge in [0.15, 0.2) is 0 Å². The van der Waals surface area contributed by atoms with Gasteiger partial charge in [0.25, 0.3) is 0 Å². The van der Waals surface area contributed by atoms with E-state index in [0.717, 1.165) is 89.9 Å². The SMILES string of the molecule is CCc1nc2ccccc2n1-c1ccc(-c2cccc(-c3nc4ccccc4c4c3ccn3cc(-c5ccccc5)nc43)c2)cc1. The van der Waals surface area contributed by atoms with Crippen LogP contribution in [0.1, 0.15) is 12.7 Å².